The Morgan fingerprint density at radius 2 is 2.04 bits per heavy atom. The topological polar surface area (TPSA) is 138 Å². The highest BCUT2D eigenvalue weighted by atomic mass is 32.2. The van der Waals surface area contributed by atoms with Gasteiger partial charge in [0.05, 0.1) is 10.7 Å². The average Bonchev–Trinajstić information content (AvgIpc) is 3.08. The Morgan fingerprint density at radius 1 is 1.29 bits per heavy atom. The lowest BCUT2D eigenvalue weighted by molar-refractivity contribution is 0.0953. The predicted molar refractivity (Wildman–Crippen MR) is 112 cm³/mol. The van der Waals surface area contributed by atoms with Crippen molar-refractivity contribution in [1.29, 1.82) is 0 Å². The van der Waals surface area contributed by atoms with E-state index in [1.54, 1.807) is 42.2 Å². The fourth-order valence-corrected chi connectivity index (χ4v) is 3.30. The number of nitrogens with zero attached hydrogens (tertiary/aromatic N) is 2. The maximum atomic E-state index is 12.4. The number of thioether (sulfide) groups is 1. The van der Waals surface area contributed by atoms with Gasteiger partial charge in [0.25, 0.3) is 5.91 Å². The maximum absolute atomic E-state index is 12.4. The third-order valence-electron chi connectivity index (χ3n) is 4.22. The number of carbonyl (C=O) groups excluding carboxylic acids is 2. The van der Waals surface area contributed by atoms with Crippen LogP contribution in [-0.4, -0.2) is 43.4 Å². The molecule has 2 aliphatic heterocycles. The van der Waals surface area contributed by atoms with Crippen LogP contribution < -0.4 is 32.3 Å². The number of fused-ring (bicyclic) bond motifs is 1. The van der Waals surface area contributed by atoms with E-state index in [-0.39, 0.29) is 24.1 Å². The van der Waals surface area contributed by atoms with E-state index >= 15 is 0 Å². The molecule has 0 aliphatic carbocycles. The van der Waals surface area contributed by atoms with E-state index in [4.69, 9.17) is 11.5 Å². The van der Waals surface area contributed by atoms with Gasteiger partial charge in [0.2, 0.25) is 0 Å². The summed E-state index contributed by atoms with van der Waals surface area (Å²) in [6.07, 6.45) is 6.23. The number of nitrogens with two attached hydrogens (primary N) is 2. The molecule has 10 heteroatoms. The lowest BCUT2D eigenvalue weighted by Crippen LogP contribution is -2.51. The molecule has 3 rings (SSSR count). The molecule has 1 unspecified atom stereocenters. The van der Waals surface area contributed by atoms with Crippen LogP contribution in [0, 0.1) is 0 Å². The molecule has 1 aromatic carbocycles. The van der Waals surface area contributed by atoms with Gasteiger partial charge < -0.3 is 27.4 Å². The third kappa shape index (κ3) is 4.58. The van der Waals surface area contributed by atoms with E-state index in [2.05, 4.69) is 20.9 Å². The van der Waals surface area contributed by atoms with Crippen molar-refractivity contribution in [3.05, 3.63) is 52.7 Å². The zero-order valence-corrected chi connectivity index (χ0v) is 16.3. The molecule has 9 nitrogen and oxygen atoms in total. The average molecular weight is 401 g/mol. The summed E-state index contributed by atoms with van der Waals surface area (Å²) in [5.74, 6) is -0.149. The Hall–Kier alpha value is -3.14. The second kappa shape index (κ2) is 8.70. The van der Waals surface area contributed by atoms with E-state index < -0.39 is 0 Å². The van der Waals surface area contributed by atoms with Gasteiger partial charge in [-0.05, 0) is 43.0 Å². The summed E-state index contributed by atoms with van der Waals surface area (Å²) in [4.78, 5) is 30.0. The number of nitrogens with one attached hydrogen (secondary N) is 3. The van der Waals surface area contributed by atoms with Crippen molar-refractivity contribution in [3.63, 3.8) is 0 Å². The summed E-state index contributed by atoms with van der Waals surface area (Å²) in [6, 6.07) is 6.64. The van der Waals surface area contributed by atoms with E-state index in [1.807, 2.05) is 12.3 Å². The van der Waals surface area contributed by atoms with Crippen LogP contribution in [-0.2, 0) is 0 Å². The molecule has 7 N–H and O–H groups in total. The largest absolute Gasteiger partial charge is 0.370 e. The fourth-order valence-electron chi connectivity index (χ4n) is 2.81. The number of aliphatic imine (C=N–C) groups is 1. The summed E-state index contributed by atoms with van der Waals surface area (Å²) in [5, 5.41) is 9.95. The molecule has 0 radical (unpaired) electrons. The Balaban J connectivity index is 1.61. The number of amides is 3. The highest BCUT2D eigenvalue weighted by Crippen LogP contribution is 2.27. The van der Waals surface area contributed by atoms with Crippen LogP contribution in [0.1, 0.15) is 16.8 Å². The minimum Gasteiger partial charge on any atom is -0.370 e. The van der Waals surface area contributed by atoms with Crippen molar-refractivity contribution in [2.24, 2.45) is 16.5 Å². The minimum atomic E-state index is -0.228. The maximum Gasteiger partial charge on any atom is 0.327 e. The van der Waals surface area contributed by atoms with Crippen molar-refractivity contribution < 1.29 is 9.59 Å². The third-order valence-corrected chi connectivity index (χ3v) is 4.90. The summed E-state index contributed by atoms with van der Waals surface area (Å²) in [6.45, 7) is 0.930. The van der Waals surface area contributed by atoms with Gasteiger partial charge in [0.1, 0.15) is 6.17 Å². The van der Waals surface area contributed by atoms with Crippen molar-refractivity contribution in [2.75, 3.05) is 24.2 Å². The molecule has 1 aromatic rings. The molecule has 0 aromatic heterocycles. The normalized spacial score (nSPS) is 17.7. The molecule has 148 valence electrons. The quantitative estimate of drug-likeness (QED) is 0.258. The smallest absolute Gasteiger partial charge is 0.327 e. The van der Waals surface area contributed by atoms with Crippen molar-refractivity contribution >= 4 is 35.3 Å². The number of anilines is 1. The highest BCUT2D eigenvalue weighted by molar-refractivity contribution is 8.02. The van der Waals surface area contributed by atoms with Gasteiger partial charge in [-0.3, -0.25) is 14.7 Å². The number of rotatable bonds is 7. The monoisotopic (exact) mass is 401 g/mol. The Morgan fingerprint density at radius 3 is 2.71 bits per heavy atom. The Bertz CT molecular complexity index is 844. The zero-order valence-electron chi connectivity index (χ0n) is 15.4. The van der Waals surface area contributed by atoms with Gasteiger partial charge >= 0.3 is 6.03 Å². The van der Waals surface area contributed by atoms with Gasteiger partial charge in [-0.2, -0.15) is 0 Å². The Kier molecular flexibility index (Phi) is 6.09. The molecule has 2 heterocycles. The van der Waals surface area contributed by atoms with Crippen LogP contribution in [0.25, 0.3) is 0 Å². The number of hydrogen-bond acceptors (Lipinski definition) is 5. The summed E-state index contributed by atoms with van der Waals surface area (Å²) >= 11 is 1.59. The van der Waals surface area contributed by atoms with Crippen LogP contribution in [0.5, 0.6) is 0 Å². The lowest BCUT2D eigenvalue weighted by atomic mass is 10.1. The number of carbonyl (C=O) groups is 2. The molecule has 0 saturated heterocycles. The number of guanidine groups is 1. The second-order valence-corrected chi connectivity index (χ2v) is 7.05. The molecule has 0 bridgehead atoms. The van der Waals surface area contributed by atoms with Crippen molar-refractivity contribution in [2.45, 2.75) is 12.6 Å². The van der Waals surface area contributed by atoms with E-state index in [0.717, 1.165) is 10.6 Å². The molecule has 0 saturated carbocycles. The van der Waals surface area contributed by atoms with Gasteiger partial charge in [-0.25, -0.2) is 4.79 Å². The summed E-state index contributed by atoms with van der Waals surface area (Å²) in [5.41, 5.74) is 12.7. The van der Waals surface area contributed by atoms with Crippen LogP contribution >= 0.6 is 11.8 Å². The fraction of sp³-hybridized carbons (Fsp3) is 0.278. The number of hydrogen-bond donors (Lipinski definition) is 5. The molecular formula is C18H23N7O2S. The van der Waals surface area contributed by atoms with E-state index in [9.17, 15) is 9.59 Å². The van der Waals surface area contributed by atoms with Crippen LogP contribution in [0.2, 0.25) is 0 Å². The van der Waals surface area contributed by atoms with Crippen LogP contribution in [0.3, 0.4) is 0 Å². The van der Waals surface area contributed by atoms with Gasteiger partial charge in [-0.15, -0.1) is 11.8 Å². The lowest BCUT2D eigenvalue weighted by Gasteiger charge is -2.29. The van der Waals surface area contributed by atoms with Crippen LogP contribution in [0.15, 0.2) is 52.1 Å². The van der Waals surface area contributed by atoms with Crippen molar-refractivity contribution in [1.82, 2.24) is 16.0 Å². The summed E-state index contributed by atoms with van der Waals surface area (Å²) < 4.78 is 0. The molecule has 1 atom stereocenters. The first-order valence-electron chi connectivity index (χ1n) is 8.75. The summed E-state index contributed by atoms with van der Waals surface area (Å²) in [7, 11) is 0. The van der Waals surface area contributed by atoms with Gasteiger partial charge in [-0.1, -0.05) is 0 Å². The van der Waals surface area contributed by atoms with Crippen molar-refractivity contribution in [3.8, 4) is 0 Å². The molecule has 0 fully saturated rings. The van der Waals surface area contributed by atoms with E-state index in [0.29, 0.717) is 30.8 Å². The zero-order chi connectivity index (χ0) is 20.1. The Labute approximate surface area is 167 Å². The minimum absolute atomic E-state index is 0.0403. The molecule has 3 amide bonds. The van der Waals surface area contributed by atoms with Gasteiger partial charge in [0.15, 0.2) is 5.96 Å². The predicted octanol–water partition coefficient (Wildman–Crippen LogP) is 0.627. The molecule has 0 spiro atoms. The second-order valence-electron chi connectivity index (χ2n) is 6.20. The van der Waals surface area contributed by atoms with Gasteiger partial charge in [0, 0.05) is 30.4 Å². The standard InChI is InChI=1S/C18H23N7O2S/c1-28-14-9-12-10-25(18(27)24-15(12)23-14)13-5-3-11(4-6-13)16(26)21-7-2-8-22-17(19)20/h3-6,9-10,15,23H,2,7-8H2,1H3,(H,21,26)(H,24,27)(H4,19,20,22). The highest BCUT2D eigenvalue weighted by Gasteiger charge is 2.30. The van der Waals surface area contributed by atoms with E-state index in [1.165, 1.54) is 4.90 Å². The first kappa shape index (κ1) is 19.6. The SMILES string of the molecule is CSC1=CC2=CN(c3ccc(C(=O)NCCCN=C(N)N)cc3)C(=O)NC2N1. The number of urea groups is 1. The molecular weight excluding hydrogens is 378 g/mol. The first-order valence-corrected chi connectivity index (χ1v) is 9.97. The van der Waals surface area contributed by atoms with Crippen LogP contribution in [0.4, 0.5) is 10.5 Å². The molecule has 2 aliphatic rings. The molecule has 28 heavy (non-hydrogen) atoms. The first-order chi connectivity index (χ1) is 13.5. The number of benzene rings is 1.